The van der Waals surface area contributed by atoms with Crippen LogP contribution in [0.15, 0.2) is 36.4 Å². The highest BCUT2D eigenvalue weighted by Crippen LogP contribution is 2.11. The van der Waals surface area contributed by atoms with Crippen molar-refractivity contribution in [2.75, 3.05) is 0 Å². The standard InChI is InChI=1S/C15H16N2O2/c1-11-8-12(2)17(16-11)10-14-5-3-4-13(9-14)6-7-15(18)19/h3-9H,10H2,1-2H3,(H,18,19). The van der Waals surface area contributed by atoms with E-state index in [9.17, 15) is 4.79 Å². The zero-order valence-corrected chi connectivity index (χ0v) is 11.0. The number of rotatable bonds is 4. The van der Waals surface area contributed by atoms with E-state index >= 15 is 0 Å². The van der Waals surface area contributed by atoms with Crippen molar-refractivity contribution in [1.82, 2.24) is 9.78 Å². The van der Waals surface area contributed by atoms with Crippen LogP contribution in [-0.2, 0) is 11.3 Å². The SMILES string of the molecule is Cc1cc(C)n(Cc2cccc(C=CC(=O)O)c2)n1. The zero-order chi connectivity index (χ0) is 13.8. The van der Waals surface area contributed by atoms with Crippen LogP contribution in [0.1, 0.15) is 22.5 Å². The highest BCUT2D eigenvalue weighted by molar-refractivity contribution is 5.85. The van der Waals surface area contributed by atoms with Gasteiger partial charge in [0.15, 0.2) is 0 Å². The van der Waals surface area contributed by atoms with Gasteiger partial charge in [-0.05, 0) is 43.2 Å². The Morgan fingerprint density at radius 2 is 2.16 bits per heavy atom. The molecule has 1 heterocycles. The Morgan fingerprint density at radius 1 is 1.37 bits per heavy atom. The molecule has 0 aliphatic carbocycles. The maximum Gasteiger partial charge on any atom is 0.328 e. The minimum Gasteiger partial charge on any atom is -0.478 e. The van der Waals surface area contributed by atoms with Gasteiger partial charge in [0, 0.05) is 11.8 Å². The van der Waals surface area contributed by atoms with E-state index in [1.807, 2.05) is 48.9 Å². The van der Waals surface area contributed by atoms with Gasteiger partial charge in [0.05, 0.1) is 12.2 Å². The lowest BCUT2D eigenvalue weighted by Gasteiger charge is -2.05. The van der Waals surface area contributed by atoms with Gasteiger partial charge in [-0.25, -0.2) is 4.79 Å². The summed E-state index contributed by atoms with van der Waals surface area (Å²) >= 11 is 0. The molecule has 0 fully saturated rings. The van der Waals surface area contributed by atoms with E-state index in [0.29, 0.717) is 6.54 Å². The molecule has 2 rings (SSSR count). The van der Waals surface area contributed by atoms with E-state index in [0.717, 1.165) is 28.6 Å². The average Bonchev–Trinajstić information content (AvgIpc) is 2.66. The topological polar surface area (TPSA) is 55.1 Å². The maximum absolute atomic E-state index is 10.5. The van der Waals surface area contributed by atoms with Crippen LogP contribution in [0.4, 0.5) is 0 Å². The Labute approximate surface area is 112 Å². The second-order valence-corrected chi connectivity index (χ2v) is 4.50. The van der Waals surface area contributed by atoms with Crippen molar-refractivity contribution in [2.24, 2.45) is 0 Å². The summed E-state index contributed by atoms with van der Waals surface area (Å²) in [5.74, 6) is -0.941. The molecule has 1 aromatic carbocycles. The van der Waals surface area contributed by atoms with E-state index < -0.39 is 5.97 Å². The van der Waals surface area contributed by atoms with Crippen LogP contribution in [0.5, 0.6) is 0 Å². The fourth-order valence-corrected chi connectivity index (χ4v) is 1.97. The lowest BCUT2D eigenvalue weighted by molar-refractivity contribution is -0.131. The molecule has 0 radical (unpaired) electrons. The van der Waals surface area contributed by atoms with E-state index in [-0.39, 0.29) is 0 Å². The van der Waals surface area contributed by atoms with Gasteiger partial charge in [-0.1, -0.05) is 18.2 Å². The van der Waals surface area contributed by atoms with E-state index in [1.54, 1.807) is 6.08 Å². The molecule has 0 saturated carbocycles. The van der Waals surface area contributed by atoms with E-state index in [4.69, 9.17) is 5.11 Å². The Hall–Kier alpha value is -2.36. The summed E-state index contributed by atoms with van der Waals surface area (Å²) in [5.41, 5.74) is 4.09. The smallest absolute Gasteiger partial charge is 0.328 e. The van der Waals surface area contributed by atoms with Crippen molar-refractivity contribution < 1.29 is 9.90 Å². The van der Waals surface area contributed by atoms with Gasteiger partial charge in [0.1, 0.15) is 0 Å². The summed E-state index contributed by atoms with van der Waals surface area (Å²) in [4.78, 5) is 10.5. The number of aryl methyl sites for hydroxylation is 2. The van der Waals surface area contributed by atoms with Crippen LogP contribution in [0, 0.1) is 13.8 Å². The van der Waals surface area contributed by atoms with Crippen LogP contribution in [0.2, 0.25) is 0 Å². The summed E-state index contributed by atoms with van der Waals surface area (Å²) < 4.78 is 1.94. The summed E-state index contributed by atoms with van der Waals surface area (Å²) in [6.45, 7) is 4.68. The first-order valence-corrected chi connectivity index (χ1v) is 6.05. The van der Waals surface area contributed by atoms with Crippen LogP contribution in [0.3, 0.4) is 0 Å². The van der Waals surface area contributed by atoms with Crippen molar-refractivity contribution in [2.45, 2.75) is 20.4 Å². The first-order valence-electron chi connectivity index (χ1n) is 6.05. The van der Waals surface area contributed by atoms with Gasteiger partial charge in [-0.15, -0.1) is 0 Å². The molecule has 0 amide bonds. The number of carboxylic acids is 1. The molecule has 19 heavy (non-hydrogen) atoms. The fraction of sp³-hybridized carbons (Fsp3) is 0.200. The third-order valence-corrected chi connectivity index (χ3v) is 2.81. The lowest BCUT2D eigenvalue weighted by Crippen LogP contribution is -2.03. The van der Waals surface area contributed by atoms with Crippen molar-refractivity contribution in [1.29, 1.82) is 0 Å². The maximum atomic E-state index is 10.5. The molecule has 0 spiro atoms. The number of nitrogens with zero attached hydrogens (tertiary/aromatic N) is 2. The number of aliphatic carboxylic acids is 1. The highest BCUT2D eigenvalue weighted by Gasteiger charge is 2.02. The van der Waals surface area contributed by atoms with Crippen molar-refractivity contribution in [3.63, 3.8) is 0 Å². The van der Waals surface area contributed by atoms with Crippen LogP contribution < -0.4 is 0 Å². The van der Waals surface area contributed by atoms with Gasteiger partial charge in [0.25, 0.3) is 0 Å². The monoisotopic (exact) mass is 256 g/mol. The van der Waals surface area contributed by atoms with Gasteiger partial charge in [0.2, 0.25) is 0 Å². The zero-order valence-electron chi connectivity index (χ0n) is 11.0. The molecule has 0 aliphatic rings. The molecule has 4 heteroatoms. The third-order valence-electron chi connectivity index (χ3n) is 2.81. The Bertz CT molecular complexity index is 627. The minimum atomic E-state index is -0.941. The Kier molecular flexibility index (Phi) is 3.80. The Balaban J connectivity index is 2.19. The minimum absolute atomic E-state index is 0.689. The molecule has 2 aromatic rings. The molecule has 0 atom stereocenters. The largest absolute Gasteiger partial charge is 0.478 e. The second-order valence-electron chi connectivity index (χ2n) is 4.50. The van der Waals surface area contributed by atoms with Gasteiger partial charge in [-0.3, -0.25) is 4.68 Å². The predicted molar refractivity (Wildman–Crippen MR) is 73.9 cm³/mol. The molecule has 0 bridgehead atoms. The van der Waals surface area contributed by atoms with Gasteiger partial charge in [-0.2, -0.15) is 5.10 Å². The number of carboxylic acid groups (broad SMARTS) is 1. The lowest BCUT2D eigenvalue weighted by atomic mass is 10.1. The first kappa shape index (κ1) is 13.1. The highest BCUT2D eigenvalue weighted by atomic mass is 16.4. The summed E-state index contributed by atoms with van der Waals surface area (Å²) in [6, 6.07) is 9.81. The van der Waals surface area contributed by atoms with Crippen LogP contribution in [-0.4, -0.2) is 20.9 Å². The number of aromatic nitrogens is 2. The van der Waals surface area contributed by atoms with E-state index in [2.05, 4.69) is 5.10 Å². The molecule has 98 valence electrons. The summed E-state index contributed by atoms with van der Waals surface area (Å²) in [7, 11) is 0. The van der Waals surface area contributed by atoms with Crippen LogP contribution >= 0.6 is 0 Å². The molecule has 1 aromatic heterocycles. The number of hydrogen-bond acceptors (Lipinski definition) is 2. The summed E-state index contributed by atoms with van der Waals surface area (Å²) in [5, 5.41) is 13.0. The van der Waals surface area contributed by atoms with Gasteiger partial charge < -0.3 is 5.11 Å². The second kappa shape index (κ2) is 5.52. The number of benzene rings is 1. The average molecular weight is 256 g/mol. The number of carbonyl (C=O) groups is 1. The molecule has 0 unspecified atom stereocenters. The molecule has 4 nitrogen and oxygen atoms in total. The number of hydrogen-bond donors (Lipinski definition) is 1. The Morgan fingerprint density at radius 3 is 2.79 bits per heavy atom. The fourth-order valence-electron chi connectivity index (χ4n) is 1.97. The molecule has 1 N–H and O–H groups in total. The van der Waals surface area contributed by atoms with Crippen molar-refractivity contribution in [3.05, 3.63) is 58.9 Å². The summed E-state index contributed by atoms with van der Waals surface area (Å²) in [6.07, 6.45) is 2.73. The first-order chi connectivity index (χ1) is 9.04. The molecular formula is C15H16N2O2. The normalized spacial score (nSPS) is 11.1. The molecule has 0 aliphatic heterocycles. The van der Waals surface area contributed by atoms with Crippen molar-refractivity contribution >= 4 is 12.0 Å². The predicted octanol–water partition coefficient (Wildman–Crippen LogP) is 2.65. The molecular weight excluding hydrogens is 240 g/mol. The van der Waals surface area contributed by atoms with Crippen LogP contribution in [0.25, 0.3) is 6.08 Å². The van der Waals surface area contributed by atoms with Crippen molar-refractivity contribution in [3.8, 4) is 0 Å². The van der Waals surface area contributed by atoms with Gasteiger partial charge >= 0.3 is 5.97 Å². The third kappa shape index (κ3) is 3.55. The molecule has 0 saturated heterocycles. The van der Waals surface area contributed by atoms with E-state index in [1.165, 1.54) is 0 Å². The quantitative estimate of drug-likeness (QED) is 0.855.